The molecule has 0 aromatic carbocycles. The molecule has 28 heavy (non-hydrogen) atoms. The maximum absolute atomic E-state index is 12.6. The van der Waals surface area contributed by atoms with Crippen molar-refractivity contribution in [3.63, 3.8) is 0 Å². The molecule has 1 unspecified atom stereocenters. The number of nitrogens with zero attached hydrogens (tertiary/aromatic N) is 4. The fourth-order valence-electron chi connectivity index (χ4n) is 4.89. The highest BCUT2D eigenvalue weighted by molar-refractivity contribution is 5.90. The summed E-state index contributed by atoms with van der Waals surface area (Å²) in [5, 5.41) is 6.86. The van der Waals surface area contributed by atoms with E-state index in [2.05, 4.69) is 20.4 Å². The Morgan fingerprint density at radius 2 is 1.79 bits per heavy atom. The van der Waals surface area contributed by atoms with E-state index in [1.807, 2.05) is 11.8 Å². The number of aryl methyl sites for hydroxylation is 1. The zero-order chi connectivity index (χ0) is 19.5. The summed E-state index contributed by atoms with van der Waals surface area (Å²) in [6.45, 7) is 6.61. The van der Waals surface area contributed by atoms with Gasteiger partial charge in [-0.3, -0.25) is 14.5 Å². The third-order valence-electron chi connectivity index (χ3n) is 6.62. The Kier molecular flexibility index (Phi) is 5.94. The van der Waals surface area contributed by atoms with Gasteiger partial charge in [0.2, 0.25) is 17.7 Å². The van der Waals surface area contributed by atoms with Crippen LogP contribution in [0.3, 0.4) is 0 Å². The lowest BCUT2D eigenvalue weighted by molar-refractivity contribution is -0.136. The molecule has 0 radical (unpaired) electrons. The second-order valence-electron chi connectivity index (χ2n) is 8.39. The summed E-state index contributed by atoms with van der Waals surface area (Å²) < 4.78 is 5.20. The number of carbonyl (C=O) groups excluding carboxylic acids is 2. The van der Waals surface area contributed by atoms with Crippen molar-refractivity contribution in [1.29, 1.82) is 0 Å². The fraction of sp³-hybridized carbons (Fsp3) is 0.800. The molecule has 3 aliphatic heterocycles. The SMILES string of the molecule is CCc1nc(CN2CCC(C3CCN(C(=O)C4CCC(=O)N4)CC3)CC2)no1. The minimum atomic E-state index is -0.286. The quantitative estimate of drug-likeness (QED) is 0.818. The number of likely N-dealkylation sites (tertiary alicyclic amines) is 2. The van der Waals surface area contributed by atoms with E-state index in [1.54, 1.807) is 0 Å². The summed E-state index contributed by atoms with van der Waals surface area (Å²) >= 11 is 0. The molecule has 3 aliphatic rings. The van der Waals surface area contributed by atoms with Gasteiger partial charge in [0, 0.05) is 25.9 Å². The maximum atomic E-state index is 12.6. The summed E-state index contributed by atoms with van der Waals surface area (Å²) in [5.41, 5.74) is 0. The molecule has 8 heteroatoms. The Hall–Kier alpha value is -1.96. The van der Waals surface area contributed by atoms with Crippen LogP contribution in [0.4, 0.5) is 0 Å². The third kappa shape index (κ3) is 4.37. The summed E-state index contributed by atoms with van der Waals surface area (Å²) in [4.78, 5) is 32.7. The van der Waals surface area contributed by atoms with Gasteiger partial charge in [-0.2, -0.15) is 4.98 Å². The fourth-order valence-corrected chi connectivity index (χ4v) is 4.89. The highest BCUT2D eigenvalue weighted by Crippen LogP contribution is 2.33. The van der Waals surface area contributed by atoms with Crippen LogP contribution in [0.5, 0.6) is 0 Å². The minimum absolute atomic E-state index is 0.00624. The van der Waals surface area contributed by atoms with Gasteiger partial charge < -0.3 is 14.7 Å². The number of carbonyl (C=O) groups is 2. The van der Waals surface area contributed by atoms with Crippen LogP contribution in [-0.2, 0) is 22.6 Å². The van der Waals surface area contributed by atoms with Crippen LogP contribution in [0.1, 0.15) is 57.2 Å². The highest BCUT2D eigenvalue weighted by Gasteiger charge is 2.35. The van der Waals surface area contributed by atoms with Crippen LogP contribution < -0.4 is 5.32 Å². The van der Waals surface area contributed by atoms with E-state index in [0.717, 1.165) is 63.7 Å². The van der Waals surface area contributed by atoms with E-state index >= 15 is 0 Å². The molecular formula is C20H31N5O3. The molecule has 1 N–H and O–H groups in total. The molecule has 1 aromatic rings. The van der Waals surface area contributed by atoms with Crippen molar-refractivity contribution < 1.29 is 14.1 Å². The van der Waals surface area contributed by atoms with Crippen LogP contribution >= 0.6 is 0 Å². The molecular weight excluding hydrogens is 358 g/mol. The Bertz CT molecular complexity index is 690. The van der Waals surface area contributed by atoms with E-state index in [0.29, 0.717) is 24.7 Å². The molecule has 4 heterocycles. The number of aromatic nitrogens is 2. The van der Waals surface area contributed by atoms with Crippen LogP contribution in [0, 0.1) is 11.8 Å². The molecule has 1 aromatic heterocycles. The van der Waals surface area contributed by atoms with Gasteiger partial charge in [-0.1, -0.05) is 12.1 Å². The first-order valence-corrected chi connectivity index (χ1v) is 10.7. The van der Waals surface area contributed by atoms with E-state index in [1.165, 1.54) is 12.8 Å². The highest BCUT2D eigenvalue weighted by atomic mass is 16.5. The molecule has 0 saturated carbocycles. The Morgan fingerprint density at radius 3 is 2.36 bits per heavy atom. The standard InChI is InChI=1S/C20H31N5O3/c1-2-19-22-17(23-28-19)13-24-9-5-14(6-10-24)15-7-11-25(12-8-15)20(27)16-3-4-18(26)21-16/h14-16H,2-13H2,1H3,(H,21,26). The van der Waals surface area contributed by atoms with E-state index < -0.39 is 0 Å². The van der Waals surface area contributed by atoms with Gasteiger partial charge in [-0.25, -0.2) is 0 Å². The summed E-state index contributed by atoms with van der Waals surface area (Å²) in [5.74, 6) is 3.08. The molecule has 4 rings (SSSR count). The lowest BCUT2D eigenvalue weighted by Gasteiger charge is -2.40. The maximum Gasteiger partial charge on any atom is 0.245 e. The first-order valence-electron chi connectivity index (χ1n) is 10.7. The van der Waals surface area contributed by atoms with Gasteiger partial charge >= 0.3 is 0 Å². The van der Waals surface area contributed by atoms with Gasteiger partial charge in [-0.05, 0) is 57.0 Å². The molecule has 3 saturated heterocycles. The van der Waals surface area contributed by atoms with Crippen LogP contribution in [0.15, 0.2) is 4.52 Å². The molecule has 154 valence electrons. The molecule has 0 bridgehead atoms. The van der Waals surface area contributed by atoms with E-state index in [-0.39, 0.29) is 17.9 Å². The zero-order valence-corrected chi connectivity index (χ0v) is 16.7. The van der Waals surface area contributed by atoms with Crippen molar-refractivity contribution in [2.75, 3.05) is 26.2 Å². The first kappa shape index (κ1) is 19.4. The monoisotopic (exact) mass is 389 g/mol. The van der Waals surface area contributed by atoms with Gasteiger partial charge in [-0.15, -0.1) is 0 Å². The topological polar surface area (TPSA) is 91.6 Å². The summed E-state index contributed by atoms with van der Waals surface area (Å²) in [6, 6.07) is -0.286. The van der Waals surface area contributed by atoms with Crippen LogP contribution in [0.2, 0.25) is 0 Å². The van der Waals surface area contributed by atoms with Crippen molar-refractivity contribution in [2.45, 2.75) is 64.5 Å². The lowest BCUT2D eigenvalue weighted by atomic mass is 9.78. The van der Waals surface area contributed by atoms with Crippen molar-refractivity contribution in [3.8, 4) is 0 Å². The summed E-state index contributed by atoms with van der Waals surface area (Å²) in [7, 11) is 0. The Morgan fingerprint density at radius 1 is 1.11 bits per heavy atom. The minimum Gasteiger partial charge on any atom is -0.344 e. The number of amides is 2. The van der Waals surface area contributed by atoms with Gasteiger partial charge in [0.15, 0.2) is 5.82 Å². The van der Waals surface area contributed by atoms with Crippen molar-refractivity contribution >= 4 is 11.8 Å². The van der Waals surface area contributed by atoms with Crippen molar-refractivity contribution in [2.24, 2.45) is 11.8 Å². The second-order valence-corrected chi connectivity index (χ2v) is 8.39. The second kappa shape index (κ2) is 8.59. The normalized spacial score (nSPS) is 25.2. The van der Waals surface area contributed by atoms with Gasteiger partial charge in [0.25, 0.3) is 0 Å². The molecule has 2 amide bonds. The zero-order valence-electron chi connectivity index (χ0n) is 16.7. The molecule has 0 aliphatic carbocycles. The van der Waals surface area contributed by atoms with Gasteiger partial charge in [0.1, 0.15) is 6.04 Å². The Labute approximate surface area is 166 Å². The lowest BCUT2D eigenvalue weighted by Crippen LogP contribution is -2.48. The number of hydrogen-bond acceptors (Lipinski definition) is 6. The smallest absolute Gasteiger partial charge is 0.245 e. The van der Waals surface area contributed by atoms with E-state index in [9.17, 15) is 9.59 Å². The molecule has 8 nitrogen and oxygen atoms in total. The largest absolute Gasteiger partial charge is 0.344 e. The van der Waals surface area contributed by atoms with Crippen LogP contribution in [-0.4, -0.2) is 64.0 Å². The number of piperidine rings is 2. The number of nitrogens with one attached hydrogen (secondary N) is 1. The first-order chi connectivity index (χ1) is 13.6. The van der Waals surface area contributed by atoms with Crippen LogP contribution in [0.25, 0.3) is 0 Å². The molecule has 3 fully saturated rings. The molecule has 0 spiro atoms. The van der Waals surface area contributed by atoms with Crippen molar-refractivity contribution in [3.05, 3.63) is 11.7 Å². The predicted octanol–water partition coefficient (Wildman–Crippen LogP) is 1.36. The number of hydrogen-bond donors (Lipinski definition) is 1. The molecule has 1 atom stereocenters. The van der Waals surface area contributed by atoms with E-state index in [4.69, 9.17) is 4.52 Å². The van der Waals surface area contributed by atoms with Gasteiger partial charge in [0.05, 0.1) is 6.54 Å². The van der Waals surface area contributed by atoms with Crippen molar-refractivity contribution in [1.82, 2.24) is 25.3 Å². The third-order valence-corrected chi connectivity index (χ3v) is 6.62. The predicted molar refractivity (Wildman–Crippen MR) is 102 cm³/mol. The summed E-state index contributed by atoms with van der Waals surface area (Å²) in [6.07, 6.45) is 6.49. The number of rotatable bonds is 5. The average molecular weight is 390 g/mol. The Balaban J connectivity index is 1.19. The average Bonchev–Trinajstić information content (AvgIpc) is 3.37.